The van der Waals surface area contributed by atoms with Crippen LogP contribution in [0.25, 0.3) is 10.9 Å². The first-order valence-electron chi connectivity index (χ1n) is 21.0. The molecule has 4 heterocycles. The third-order valence-electron chi connectivity index (χ3n) is 12.1. The third kappa shape index (κ3) is 11.7. The third-order valence-corrected chi connectivity index (χ3v) is 13.6. The Hall–Kier alpha value is -5.78. The average molecular weight is 917 g/mol. The van der Waals surface area contributed by atoms with Gasteiger partial charge in [0.15, 0.2) is 11.6 Å². The number of primary amides is 1. The number of amides is 7. The van der Waals surface area contributed by atoms with Gasteiger partial charge in [-0.1, -0.05) is 27.2 Å². The van der Waals surface area contributed by atoms with Crippen molar-refractivity contribution in [2.24, 2.45) is 29.4 Å². The predicted octanol–water partition coefficient (Wildman–Crippen LogP) is -3.74. The number of hydrogen-bond donors (Lipinski definition) is 11. The predicted molar refractivity (Wildman–Crippen MR) is 225 cm³/mol. The molecule has 3 aliphatic heterocycles. The molecule has 22 nitrogen and oxygen atoms in total. The summed E-state index contributed by atoms with van der Waals surface area (Å²) >= 11 is 0. The van der Waals surface area contributed by atoms with Crippen LogP contribution in [0.4, 0.5) is 0 Å². The van der Waals surface area contributed by atoms with E-state index in [9.17, 15) is 67.8 Å². The van der Waals surface area contributed by atoms with Crippen LogP contribution < -0.4 is 32.3 Å². The van der Waals surface area contributed by atoms with Crippen LogP contribution in [0.5, 0.6) is 5.75 Å². The molecule has 7 amide bonds. The van der Waals surface area contributed by atoms with Gasteiger partial charge in [-0.15, -0.1) is 0 Å². The Morgan fingerprint density at radius 1 is 0.906 bits per heavy atom. The SMILES string of the molecule is CC[C@H](C)[C@@H]1NC(=O)CNC(=O)[C@@H]2CC(=O)[C@H]([C@@H](C)[C@@H](O)CO)NC(=O)[C@@H]3C[C@@H](O)CN3C(=O)[C@H](CC(N)=O)CC(=O)[C@H](CS(=O)c3[nH]c4cc(O)ccc4c3C2)NC(=O)CNC1=O. The molecular weight excluding hydrogens is 861 g/mol. The van der Waals surface area contributed by atoms with E-state index in [2.05, 4.69) is 31.6 Å². The number of nitrogens with one attached hydrogen (secondary N) is 6. The molecule has 2 aromatic rings. The Morgan fingerprint density at radius 2 is 1.58 bits per heavy atom. The molecule has 11 atom stereocenters. The van der Waals surface area contributed by atoms with Gasteiger partial charge in [-0.25, -0.2) is 0 Å². The number of carbonyl (C=O) groups is 9. The van der Waals surface area contributed by atoms with Gasteiger partial charge >= 0.3 is 0 Å². The van der Waals surface area contributed by atoms with E-state index in [-0.39, 0.29) is 28.3 Å². The van der Waals surface area contributed by atoms with Crippen molar-refractivity contribution in [2.75, 3.05) is 32.0 Å². The zero-order valence-corrected chi connectivity index (χ0v) is 36.4. The van der Waals surface area contributed by atoms with Crippen LogP contribution in [0.2, 0.25) is 0 Å². The largest absolute Gasteiger partial charge is 0.508 e. The van der Waals surface area contributed by atoms with Crippen LogP contribution in [0.1, 0.15) is 58.4 Å². The van der Waals surface area contributed by atoms with Crippen molar-refractivity contribution in [3.8, 4) is 5.75 Å². The summed E-state index contributed by atoms with van der Waals surface area (Å²) < 4.78 is 14.6. The van der Waals surface area contributed by atoms with E-state index >= 15 is 0 Å². The Kier molecular flexibility index (Phi) is 16.4. The van der Waals surface area contributed by atoms with E-state index in [0.29, 0.717) is 11.8 Å². The van der Waals surface area contributed by atoms with Gasteiger partial charge in [-0.2, -0.15) is 0 Å². The van der Waals surface area contributed by atoms with Crippen molar-refractivity contribution in [1.82, 2.24) is 36.5 Å². The standard InChI is InChI=1S/C41H56N8O14S/c1-4-18(2)35-39(61)44-13-33(57)45-27-17-64(63)40-25(24-6-5-22(51)11-26(24)46-40)7-20(37(59)43-14-34(58)47-35)8-30(54)36(19(3)31(55)16-50)48-38(60)28-12-23(52)15-49(28)41(62)21(9-29(27)53)10-32(42)56/h5-6,11,18-21,23,27-28,31,35-36,46,50-52,55H,4,7-10,12-17H2,1-3H3,(H2,42,56)(H,43,59)(H,44,61)(H,45,57)(H,47,58)(H,48,60)/t18-,19-,20-,21-,23+,27-,28-,31-,35-,36-,64?/m0/s1. The Morgan fingerprint density at radius 3 is 2.23 bits per heavy atom. The van der Waals surface area contributed by atoms with Crippen LogP contribution in [-0.2, 0) is 60.4 Å². The number of H-pyrrole nitrogens is 1. The van der Waals surface area contributed by atoms with Gasteiger partial charge in [0.1, 0.15) is 22.9 Å². The maximum absolute atomic E-state index is 14.6. The molecule has 0 radical (unpaired) electrons. The number of aromatic nitrogens is 1. The summed E-state index contributed by atoms with van der Waals surface area (Å²) in [6.45, 7) is 2.01. The molecule has 23 heteroatoms. The monoisotopic (exact) mass is 916 g/mol. The fourth-order valence-corrected chi connectivity index (χ4v) is 9.69. The van der Waals surface area contributed by atoms with Crippen molar-refractivity contribution in [3.05, 3.63) is 23.8 Å². The van der Waals surface area contributed by atoms with Crippen LogP contribution >= 0.6 is 0 Å². The molecule has 64 heavy (non-hydrogen) atoms. The van der Waals surface area contributed by atoms with E-state index in [1.54, 1.807) is 13.8 Å². The molecule has 1 unspecified atom stereocenters. The van der Waals surface area contributed by atoms with Gasteiger partial charge in [0.2, 0.25) is 41.4 Å². The second-order valence-corrected chi connectivity index (χ2v) is 18.2. The Bertz CT molecular complexity index is 2200. The average Bonchev–Trinajstić information content (AvgIpc) is 3.82. The number of aliphatic hydroxyl groups is 3. The second-order valence-electron chi connectivity index (χ2n) is 16.8. The van der Waals surface area contributed by atoms with Gasteiger partial charge in [-0.3, -0.25) is 47.4 Å². The first kappa shape index (κ1) is 49.2. The van der Waals surface area contributed by atoms with E-state index in [1.807, 2.05) is 0 Å². The molecule has 0 saturated carbocycles. The van der Waals surface area contributed by atoms with Crippen molar-refractivity contribution in [2.45, 2.75) is 101 Å². The minimum Gasteiger partial charge on any atom is -0.508 e. The van der Waals surface area contributed by atoms with E-state index < -0.39 is 181 Å². The van der Waals surface area contributed by atoms with E-state index in [1.165, 1.54) is 25.1 Å². The summed E-state index contributed by atoms with van der Waals surface area (Å²) in [7, 11) is -2.31. The van der Waals surface area contributed by atoms with Crippen LogP contribution in [0.15, 0.2) is 23.2 Å². The highest BCUT2D eigenvalue weighted by molar-refractivity contribution is 7.85. The summed E-state index contributed by atoms with van der Waals surface area (Å²) in [4.78, 5) is 128. The summed E-state index contributed by atoms with van der Waals surface area (Å²) in [6.07, 6.45) is -5.54. The number of rotatable bonds is 7. The fraction of sp³-hybridized carbons (Fsp3) is 0.585. The van der Waals surface area contributed by atoms with Gasteiger partial charge in [0.05, 0.1) is 72.0 Å². The molecule has 1 aromatic carbocycles. The van der Waals surface area contributed by atoms with Crippen LogP contribution in [-0.4, -0.2) is 156 Å². The number of benzene rings is 1. The molecule has 2 bridgehead atoms. The van der Waals surface area contributed by atoms with Crippen molar-refractivity contribution >= 4 is 74.6 Å². The number of nitrogens with zero attached hydrogens (tertiary/aromatic N) is 1. The number of aromatic hydroxyl groups is 1. The molecule has 1 aromatic heterocycles. The highest BCUT2D eigenvalue weighted by Crippen LogP contribution is 2.32. The van der Waals surface area contributed by atoms with Crippen molar-refractivity contribution in [3.63, 3.8) is 0 Å². The topological polar surface area (TPSA) is 357 Å². The number of fused-ring (bicyclic) bond motifs is 5. The molecule has 5 rings (SSSR count). The number of hydrogen-bond acceptors (Lipinski definition) is 14. The fourth-order valence-electron chi connectivity index (χ4n) is 8.26. The summed E-state index contributed by atoms with van der Waals surface area (Å²) in [5, 5.41) is 54.4. The Labute approximate surface area is 369 Å². The molecule has 1 saturated heterocycles. The molecule has 3 aliphatic rings. The smallest absolute Gasteiger partial charge is 0.243 e. The molecule has 350 valence electrons. The normalized spacial score (nSPS) is 28.8. The van der Waals surface area contributed by atoms with Crippen LogP contribution in [0.3, 0.4) is 0 Å². The van der Waals surface area contributed by atoms with E-state index in [0.717, 1.165) is 4.90 Å². The summed E-state index contributed by atoms with van der Waals surface area (Å²) in [5.41, 5.74) is 5.90. The number of ketones is 2. The number of carbonyl (C=O) groups excluding carboxylic acids is 9. The molecule has 0 aliphatic carbocycles. The number of phenolic OH excluding ortho intramolecular Hbond substituents is 1. The van der Waals surface area contributed by atoms with Crippen LogP contribution in [0, 0.1) is 23.7 Å². The summed E-state index contributed by atoms with van der Waals surface area (Å²) in [5.74, 6) is -13.8. The summed E-state index contributed by atoms with van der Waals surface area (Å²) in [6, 6.07) is -1.99. The minimum absolute atomic E-state index is 0.102. The highest BCUT2D eigenvalue weighted by Gasteiger charge is 2.45. The Balaban J connectivity index is 1.73. The van der Waals surface area contributed by atoms with Gasteiger partial charge in [0, 0.05) is 55.5 Å². The maximum Gasteiger partial charge on any atom is 0.243 e. The quantitative estimate of drug-likeness (QED) is 0.127. The number of phenols is 1. The van der Waals surface area contributed by atoms with Gasteiger partial charge in [-0.05, 0) is 30.0 Å². The lowest BCUT2D eigenvalue weighted by molar-refractivity contribution is -0.145. The minimum atomic E-state index is -2.31. The molecular formula is C41H56N8O14S. The number of aliphatic hydroxyl groups excluding tert-OH is 3. The lowest BCUT2D eigenvalue weighted by Gasteiger charge is -2.32. The first-order valence-corrected chi connectivity index (χ1v) is 22.3. The van der Waals surface area contributed by atoms with E-state index in [4.69, 9.17) is 5.73 Å². The molecule has 0 spiro atoms. The zero-order valence-electron chi connectivity index (χ0n) is 35.6. The second kappa shape index (κ2) is 21.3. The molecule has 12 N–H and O–H groups in total. The lowest BCUT2D eigenvalue weighted by Crippen LogP contribution is -2.56. The van der Waals surface area contributed by atoms with Crippen molar-refractivity contribution < 1.29 is 67.8 Å². The van der Waals surface area contributed by atoms with Gasteiger partial charge < -0.3 is 62.6 Å². The zero-order chi connectivity index (χ0) is 47.2. The first-order chi connectivity index (χ1) is 30.2. The lowest BCUT2D eigenvalue weighted by atomic mass is 9.85. The highest BCUT2D eigenvalue weighted by atomic mass is 32.2. The van der Waals surface area contributed by atoms with Crippen molar-refractivity contribution in [1.29, 1.82) is 0 Å². The number of nitrogens with two attached hydrogens (primary N) is 1. The molecule has 1 fully saturated rings. The number of aromatic amines is 1. The maximum atomic E-state index is 14.6. The number of Topliss-reactive ketones (excluding diaryl/α,β-unsaturated/α-hetero) is 2. The van der Waals surface area contributed by atoms with Gasteiger partial charge in [0.25, 0.3) is 0 Å².